The molecule has 168 valence electrons. The van der Waals surface area contributed by atoms with Crippen molar-refractivity contribution in [3.8, 4) is 5.75 Å². The largest absolute Gasteiger partial charge is 0.484 e. The Morgan fingerprint density at radius 3 is 2.00 bits per heavy atom. The number of nitrogens with one attached hydrogen (secondary N) is 2. The molecule has 0 atom stereocenters. The van der Waals surface area contributed by atoms with Crippen molar-refractivity contribution in [2.45, 2.75) is 26.4 Å². The van der Waals surface area contributed by atoms with Crippen LogP contribution in [0.5, 0.6) is 5.75 Å². The minimum absolute atomic E-state index is 0.146. The molecule has 0 unspecified atom stereocenters. The lowest BCUT2D eigenvalue weighted by molar-refractivity contribution is -0.123. The topological polar surface area (TPSA) is 132 Å². The van der Waals surface area contributed by atoms with Crippen molar-refractivity contribution < 1.29 is 38.4 Å². The summed E-state index contributed by atoms with van der Waals surface area (Å²) in [6, 6.07) is 5.78. The molecule has 0 saturated carbocycles. The molecule has 0 heterocycles. The third-order valence-electron chi connectivity index (χ3n) is 3.33. The summed E-state index contributed by atoms with van der Waals surface area (Å²) in [5, 5.41) is 14.0. The predicted octanol–water partition coefficient (Wildman–Crippen LogP) is 1.44. The maximum absolute atomic E-state index is 11.7. The highest BCUT2D eigenvalue weighted by molar-refractivity contribution is 5.87. The molecule has 1 aromatic carbocycles. The van der Waals surface area contributed by atoms with Crippen molar-refractivity contribution in [1.29, 1.82) is 0 Å². The molecule has 30 heavy (non-hydrogen) atoms. The van der Waals surface area contributed by atoms with Crippen LogP contribution >= 0.6 is 0 Å². The third kappa shape index (κ3) is 12.6. The average Bonchev–Trinajstić information content (AvgIpc) is 2.66. The van der Waals surface area contributed by atoms with Crippen LogP contribution in [0.3, 0.4) is 0 Å². The minimum Gasteiger partial charge on any atom is -0.484 e. The van der Waals surface area contributed by atoms with E-state index < -0.39 is 17.7 Å². The summed E-state index contributed by atoms with van der Waals surface area (Å²) in [5.41, 5.74) is -0.388. The molecule has 2 amide bonds. The molecule has 0 fully saturated rings. The molecule has 0 aliphatic heterocycles. The summed E-state index contributed by atoms with van der Waals surface area (Å²) in [4.78, 5) is 33.9. The zero-order valence-corrected chi connectivity index (χ0v) is 17.6. The van der Waals surface area contributed by atoms with Gasteiger partial charge in [0.25, 0.3) is 5.91 Å². The predicted molar refractivity (Wildman–Crippen MR) is 108 cm³/mol. The van der Waals surface area contributed by atoms with Crippen LogP contribution in [0, 0.1) is 0 Å². The first-order valence-electron chi connectivity index (χ1n) is 9.52. The number of carbonyl (C=O) groups is 3. The van der Waals surface area contributed by atoms with Gasteiger partial charge in [0.15, 0.2) is 6.61 Å². The van der Waals surface area contributed by atoms with E-state index in [0.29, 0.717) is 45.3 Å². The number of alkyl carbamates (subject to hydrolysis) is 1. The highest BCUT2D eigenvalue weighted by atomic mass is 16.6. The van der Waals surface area contributed by atoms with Gasteiger partial charge in [-0.15, -0.1) is 0 Å². The van der Waals surface area contributed by atoms with E-state index in [1.807, 2.05) is 0 Å². The van der Waals surface area contributed by atoms with Crippen molar-refractivity contribution in [2.75, 3.05) is 46.1 Å². The van der Waals surface area contributed by atoms with Crippen LogP contribution in [0.1, 0.15) is 31.1 Å². The maximum atomic E-state index is 11.7. The number of aromatic carboxylic acids is 1. The molecule has 0 bridgehead atoms. The van der Waals surface area contributed by atoms with E-state index in [1.165, 1.54) is 24.3 Å². The number of ether oxygens (including phenoxy) is 4. The summed E-state index contributed by atoms with van der Waals surface area (Å²) in [7, 11) is 0. The third-order valence-corrected chi connectivity index (χ3v) is 3.33. The maximum Gasteiger partial charge on any atom is 0.407 e. The zero-order chi connectivity index (χ0) is 22.4. The SMILES string of the molecule is CC(C)(C)OC(=O)NCCOCCOCCNC(=O)COc1ccc(C(=O)O)cc1. The Morgan fingerprint density at radius 1 is 0.900 bits per heavy atom. The van der Waals surface area contributed by atoms with Gasteiger partial charge in [0.2, 0.25) is 0 Å². The van der Waals surface area contributed by atoms with E-state index in [1.54, 1.807) is 20.8 Å². The summed E-state index contributed by atoms with van der Waals surface area (Å²) < 4.78 is 21.0. The van der Waals surface area contributed by atoms with E-state index in [-0.39, 0.29) is 18.1 Å². The number of rotatable bonds is 13. The van der Waals surface area contributed by atoms with E-state index in [4.69, 9.17) is 24.1 Å². The lowest BCUT2D eigenvalue weighted by atomic mass is 10.2. The first-order chi connectivity index (χ1) is 14.2. The first kappa shape index (κ1) is 25.2. The van der Waals surface area contributed by atoms with Crippen LogP contribution in [0.4, 0.5) is 4.79 Å². The Labute approximate surface area is 175 Å². The van der Waals surface area contributed by atoms with Crippen LogP contribution < -0.4 is 15.4 Å². The molecule has 0 aliphatic rings. The monoisotopic (exact) mass is 426 g/mol. The van der Waals surface area contributed by atoms with Crippen molar-refractivity contribution in [3.63, 3.8) is 0 Å². The van der Waals surface area contributed by atoms with Crippen LogP contribution in [-0.2, 0) is 19.0 Å². The quantitative estimate of drug-likeness (QED) is 0.404. The fourth-order valence-electron chi connectivity index (χ4n) is 2.02. The second-order valence-corrected chi connectivity index (χ2v) is 7.12. The number of carbonyl (C=O) groups excluding carboxylic acids is 2. The molecule has 0 aromatic heterocycles. The number of carboxylic acid groups (broad SMARTS) is 1. The van der Waals surface area contributed by atoms with Crippen molar-refractivity contribution in [1.82, 2.24) is 10.6 Å². The van der Waals surface area contributed by atoms with Gasteiger partial charge in [-0.3, -0.25) is 4.79 Å². The second-order valence-electron chi connectivity index (χ2n) is 7.12. The molecule has 10 heteroatoms. The zero-order valence-electron chi connectivity index (χ0n) is 17.6. The number of amides is 2. The van der Waals surface area contributed by atoms with Crippen molar-refractivity contribution in [2.24, 2.45) is 0 Å². The van der Waals surface area contributed by atoms with E-state index >= 15 is 0 Å². The molecule has 3 N–H and O–H groups in total. The normalized spacial score (nSPS) is 10.9. The Balaban J connectivity index is 1.95. The lowest BCUT2D eigenvalue weighted by Crippen LogP contribution is -2.34. The lowest BCUT2D eigenvalue weighted by Gasteiger charge is -2.19. The van der Waals surface area contributed by atoms with Crippen LogP contribution in [0.2, 0.25) is 0 Å². The second kappa shape index (κ2) is 13.4. The molecule has 10 nitrogen and oxygen atoms in total. The number of benzene rings is 1. The Morgan fingerprint density at radius 2 is 1.47 bits per heavy atom. The van der Waals surface area contributed by atoms with E-state index in [2.05, 4.69) is 10.6 Å². The molecular formula is C20H30N2O8. The van der Waals surface area contributed by atoms with Gasteiger partial charge < -0.3 is 34.7 Å². The van der Waals surface area contributed by atoms with E-state index in [9.17, 15) is 14.4 Å². The van der Waals surface area contributed by atoms with Gasteiger partial charge in [-0.2, -0.15) is 0 Å². The van der Waals surface area contributed by atoms with Gasteiger partial charge in [-0.25, -0.2) is 9.59 Å². The Kier molecular flexibility index (Phi) is 11.2. The fraction of sp³-hybridized carbons (Fsp3) is 0.550. The van der Waals surface area contributed by atoms with Gasteiger partial charge >= 0.3 is 12.1 Å². The molecular weight excluding hydrogens is 396 g/mol. The molecule has 1 aromatic rings. The number of hydrogen-bond acceptors (Lipinski definition) is 7. The fourth-order valence-corrected chi connectivity index (χ4v) is 2.02. The van der Waals surface area contributed by atoms with Crippen LogP contribution in [0.25, 0.3) is 0 Å². The van der Waals surface area contributed by atoms with Crippen LogP contribution in [-0.4, -0.2) is 74.8 Å². The first-order valence-corrected chi connectivity index (χ1v) is 9.52. The summed E-state index contributed by atoms with van der Waals surface area (Å²) >= 11 is 0. The van der Waals surface area contributed by atoms with E-state index in [0.717, 1.165) is 0 Å². The minimum atomic E-state index is -1.03. The average molecular weight is 426 g/mol. The molecule has 0 aliphatic carbocycles. The highest BCUT2D eigenvalue weighted by Crippen LogP contribution is 2.11. The van der Waals surface area contributed by atoms with Gasteiger partial charge in [0.05, 0.1) is 32.0 Å². The van der Waals surface area contributed by atoms with Gasteiger partial charge in [-0.1, -0.05) is 0 Å². The highest BCUT2D eigenvalue weighted by Gasteiger charge is 2.15. The van der Waals surface area contributed by atoms with Crippen molar-refractivity contribution in [3.05, 3.63) is 29.8 Å². The molecule has 0 spiro atoms. The summed E-state index contributed by atoms with van der Waals surface area (Å²) in [5.74, 6) is -0.933. The van der Waals surface area contributed by atoms with Gasteiger partial charge in [0.1, 0.15) is 11.4 Å². The Bertz CT molecular complexity index is 670. The van der Waals surface area contributed by atoms with Crippen molar-refractivity contribution >= 4 is 18.0 Å². The molecule has 1 rings (SSSR count). The summed E-state index contributed by atoms with van der Waals surface area (Å²) in [6.45, 7) is 7.22. The summed E-state index contributed by atoms with van der Waals surface area (Å²) in [6.07, 6.45) is -0.487. The molecule has 0 radical (unpaired) electrons. The number of hydrogen-bond donors (Lipinski definition) is 3. The number of carboxylic acids is 1. The Hall–Kier alpha value is -2.85. The molecule has 0 saturated heterocycles. The standard InChI is InChI=1S/C20H30N2O8/c1-20(2,3)30-19(26)22-9-11-28-13-12-27-10-8-21-17(23)14-29-16-6-4-15(5-7-16)18(24)25/h4-7H,8-14H2,1-3H3,(H,21,23)(H,22,26)(H,24,25). The van der Waals surface area contributed by atoms with Gasteiger partial charge in [0, 0.05) is 13.1 Å². The van der Waals surface area contributed by atoms with Crippen LogP contribution in [0.15, 0.2) is 24.3 Å². The smallest absolute Gasteiger partial charge is 0.407 e. The van der Waals surface area contributed by atoms with Gasteiger partial charge in [-0.05, 0) is 45.0 Å².